The second kappa shape index (κ2) is 10.6. The first kappa shape index (κ1) is 25.8. The van der Waals surface area contributed by atoms with Crippen molar-refractivity contribution in [1.29, 1.82) is 0 Å². The number of aliphatic hydroxyl groups excluding tert-OH is 1. The van der Waals surface area contributed by atoms with E-state index in [9.17, 15) is 19.5 Å². The Labute approximate surface area is 201 Å². The van der Waals surface area contributed by atoms with E-state index < -0.39 is 22.6 Å². The molecule has 0 aromatic rings. The van der Waals surface area contributed by atoms with Crippen LogP contribution in [0.1, 0.15) is 46.5 Å². The van der Waals surface area contributed by atoms with Crippen molar-refractivity contribution in [3.05, 3.63) is 25.3 Å². The number of allylic oxidation sites excluding steroid dienone is 1. The molecule has 0 aromatic heterocycles. The molecule has 33 heavy (non-hydrogen) atoms. The van der Waals surface area contributed by atoms with Crippen LogP contribution >= 0.6 is 11.8 Å². The number of nitrogens with zero attached hydrogens (tertiary/aromatic N) is 2. The molecule has 0 saturated carbocycles. The van der Waals surface area contributed by atoms with Crippen molar-refractivity contribution in [2.45, 2.75) is 68.5 Å². The summed E-state index contributed by atoms with van der Waals surface area (Å²) >= 11 is 1.65. The number of carbonyl (C=O) groups is 3. The zero-order chi connectivity index (χ0) is 24.3. The van der Waals surface area contributed by atoms with Crippen molar-refractivity contribution in [1.82, 2.24) is 9.80 Å². The highest BCUT2D eigenvalue weighted by molar-refractivity contribution is 8.02. The SMILES string of the molecule is C=CCCCOC(=O)[C@@H]1[C@H]2C(=O)N(CCCO)C(C(=O)N(CC=C)C(C)C)C23S[C@@H]1CC3C. The smallest absolute Gasteiger partial charge is 0.310 e. The molecule has 3 rings (SSSR count). The van der Waals surface area contributed by atoms with E-state index in [2.05, 4.69) is 20.1 Å². The number of thioether (sulfide) groups is 1. The van der Waals surface area contributed by atoms with Crippen LogP contribution in [0.2, 0.25) is 0 Å². The number of amides is 2. The second-order valence-corrected chi connectivity index (χ2v) is 11.2. The standard InChI is InChI=1S/C25H38N2O5S/c1-6-8-9-14-32-24(31)19-18-15-17(5)25(33-18)20(19)22(29)27(12-10-13-28)21(25)23(30)26(11-7-2)16(3)4/h6-7,16-21,28H,1-2,8-15H2,3-5H3/t17?,18-,19+,20+,21?,25?/m1/s1. The quantitative estimate of drug-likeness (QED) is 0.264. The maximum atomic E-state index is 14.0. The number of ether oxygens (including phenoxy) is 1. The van der Waals surface area contributed by atoms with Crippen LogP contribution in [0.25, 0.3) is 0 Å². The number of rotatable bonds is 12. The van der Waals surface area contributed by atoms with Gasteiger partial charge in [-0.2, -0.15) is 0 Å². The van der Waals surface area contributed by atoms with Gasteiger partial charge in [0.25, 0.3) is 0 Å². The summed E-state index contributed by atoms with van der Waals surface area (Å²) in [6.45, 7) is 14.4. The summed E-state index contributed by atoms with van der Waals surface area (Å²) in [7, 11) is 0. The van der Waals surface area contributed by atoms with Crippen LogP contribution in [0.3, 0.4) is 0 Å². The first-order valence-electron chi connectivity index (χ1n) is 12.0. The van der Waals surface area contributed by atoms with Gasteiger partial charge in [0.2, 0.25) is 11.8 Å². The summed E-state index contributed by atoms with van der Waals surface area (Å²) in [4.78, 5) is 44.3. The van der Waals surface area contributed by atoms with Crippen molar-refractivity contribution >= 4 is 29.5 Å². The number of esters is 1. The van der Waals surface area contributed by atoms with E-state index in [1.54, 1.807) is 33.7 Å². The Kier molecular flexibility index (Phi) is 8.32. The van der Waals surface area contributed by atoms with Crippen LogP contribution in [-0.4, -0.2) is 81.1 Å². The Hall–Kier alpha value is -1.80. The summed E-state index contributed by atoms with van der Waals surface area (Å²) in [5.74, 6) is -1.59. The monoisotopic (exact) mass is 478 g/mol. The van der Waals surface area contributed by atoms with Crippen LogP contribution in [0.15, 0.2) is 25.3 Å². The van der Waals surface area contributed by atoms with Gasteiger partial charge in [0.1, 0.15) is 6.04 Å². The molecule has 1 N–H and O–H groups in total. The number of hydrogen-bond donors (Lipinski definition) is 1. The second-order valence-electron chi connectivity index (χ2n) is 9.63. The number of likely N-dealkylation sites (tertiary alicyclic amines) is 1. The van der Waals surface area contributed by atoms with E-state index in [4.69, 9.17) is 4.74 Å². The Morgan fingerprint density at radius 3 is 2.67 bits per heavy atom. The van der Waals surface area contributed by atoms with E-state index >= 15 is 0 Å². The molecule has 2 bridgehead atoms. The van der Waals surface area contributed by atoms with Gasteiger partial charge in [-0.25, -0.2) is 0 Å². The third-order valence-corrected chi connectivity index (χ3v) is 9.41. The van der Waals surface area contributed by atoms with Crippen LogP contribution in [0.4, 0.5) is 0 Å². The number of carbonyl (C=O) groups excluding carboxylic acids is 3. The van der Waals surface area contributed by atoms with Gasteiger partial charge >= 0.3 is 5.97 Å². The van der Waals surface area contributed by atoms with Crippen molar-refractivity contribution in [2.75, 3.05) is 26.3 Å². The lowest BCUT2D eigenvalue weighted by atomic mass is 9.66. The molecule has 3 aliphatic rings. The molecule has 1 spiro atoms. The Bertz CT molecular complexity index is 787. The van der Waals surface area contributed by atoms with E-state index in [0.717, 1.165) is 12.8 Å². The van der Waals surface area contributed by atoms with Crippen LogP contribution in [0.5, 0.6) is 0 Å². The van der Waals surface area contributed by atoms with Crippen LogP contribution < -0.4 is 0 Å². The molecular formula is C25H38N2O5S. The highest BCUT2D eigenvalue weighted by atomic mass is 32.2. The molecule has 3 fully saturated rings. The minimum Gasteiger partial charge on any atom is -0.465 e. The van der Waals surface area contributed by atoms with Crippen LogP contribution in [-0.2, 0) is 19.1 Å². The predicted molar refractivity (Wildman–Crippen MR) is 130 cm³/mol. The number of hydrogen-bond acceptors (Lipinski definition) is 6. The average Bonchev–Trinajstić information content (AvgIpc) is 3.36. The normalized spacial score (nSPS) is 32.2. The fourth-order valence-corrected chi connectivity index (χ4v) is 8.30. The fourth-order valence-electron chi connectivity index (χ4n) is 5.90. The molecule has 0 aromatic carbocycles. The molecule has 184 valence electrons. The average molecular weight is 479 g/mol. The Morgan fingerprint density at radius 1 is 1.33 bits per heavy atom. The summed E-state index contributed by atoms with van der Waals surface area (Å²) in [5.41, 5.74) is 0. The molecular weight excluding hydrogens is 440 g/mol. The largest absolute Gasteiger partial charge is 0.465 e. The number of aliphatic hydroxyl groups is 1. The molecule has 7 nitrogen and oxygen atoms in total. The zero-order valence-electron chi connectivity index (χ0n) is 20.1. The molecule has 0 radical (unpaired) electrons. The number of unbranched alkanes of at least 4 members (excludes halogenated alkanes) is 1. The van der Waals surface area contributed by atoms with E-state index in [1.807, 2.05) is 13.8 Å². The summed E-state index contributed by atoms with van der Waals surface area (Å²) < 4.78 is 4.93. The molecule has 3 saturated heterocycles. The van der Waals surface area contributed by atoms with Gasteiger partial charge in [-0.15, -0.1) is 24.9 Å². The Morgan fingerprint density at radius 2 is 2.06 bits per heavy atom. The minimum absolute atomic E-state index is 0.0250. The maximum Gasteiger partial charge on any atom is 0.310 e. The molecule has 3 unspecified atom stereocenters. The third kappa shape index (κ3) is 4.36. The lowest BCUT2D eigenvalue weighted by Gasteiger charge is -2.41. The fraction of sp³-hybridized carbons (Fsp3) is 0.720. The summed E-state index contributed by atoms with van der Waals surface area (Å²) in [5, 5.41) is 9.43. The lowest BCUT2D eigenvalue weighted by Crippen LogP contribution is -2.58. The summed E-state index contributed by atoms with van der Waals surface area (Å²) in [6.07, 6.45) is 6.13. The topological polar surface area (TPSA) is 87.1 Å². The lowest BCUT2D eigenvalue weighted by molar-refractivity contribution is -0.154. The molecule has 8 heteroatoms. The molecule has 0 aliphatic carbocycles. The Balaban J connectivity index is 1.97. The maximum absolute atomic E-state index is 14.0. The van der Waals surface area contributed by atoms with Gasteiger partial charge < -0.3 is 19.6 Å². The predicted octanol–water partition coefficient (Wildman–Crippen LogP) is 2.64. The molecule has 2 amide bonds. The van der Waals surface area contributed by atoms with Crippen molar-refractivity contribution in [3.8, 4) is 0 Å². The third-order valence-electron chi connectivity index (χ3n) is 7.34. The zero-order valence-corrected chi connectivity index (χ0v) is 20.9. The van der Waals surface area contributed by atoms with Crippen molar-refractivity contribution < 1.29 is 24.2 Å². The first-order valence-corrected chi connectivity index (χ1v) is 12.9. The van der Waals surface area contributed by atoms with E-state index in [-0.39, 0.29) is 41.6 Å². The first-order chi connectivity index (χ1) is 15.8. The van der Waals surface area contributed by atoms with Gasteiger partial charge in [0.05, 0.1) is 23.2 Å². The number of fused-ring (bicyclic) bond motifs is 1. The van der Waals surface area contributed by atoms with Crippen molar-refractivity contribution in [3.63, 3.8) is 0 Å². The van der Waals surface area contributed by atoms with Gasteiger partial charge in [0.15, 0.2) is 0 Å². The highest BCUT2D eigenvalue weighted by Crippen LogP contribution is 2.68. The summed E-state index contributed by atoms with van der Waals surface area (Å²) in [6, 6.07) is -0.710. The molecule has 3 heterocycles. The molecule has 3 aliphatic heterocycles. The van der Waals surface area contributed by atoms with Crippen molar-refractivity contribution in [2.24, 2.45) is 17.8 Å². The van der Waals surface area contributed by atoms with Gasteiger partial charge in [0, 0.05) is 31.0 Å². The van der Waals surface area contributed by atoms with E-state index in [0.29, 0.717) is 32.5 Å². The highest BCUT2D eigenvalue weighted by Gasteiger charge is 2.76. The van der Waals surface area contributed by atoms with E-state index in [1.165, 1.54) is 0 Å². The van der Waals surface area contributed by atoms with Gasteiger partial charge in [-0.1, -0.05) is 19.1 Å². The van der Waals surface area contributed by atoms with Gasteiger partial charge in [-0.05, 0) is 45.4 Å². The molecule has 6 atom stereocenters. The van der Waals surface area contributed by atoms with Crippen LogP contribution in [0, 0.1) is 17.8 Å². The van der Waals surface area contributed by atoms with Gasteiger partial charge in [-0.3, -0.25) is 14.4 Å². The minimum atomic E-state index is -0.660.